The van der Waals surface area contributed by atoms with Gasteiger partial charge in [-0.3, -0.25) is 9.89 Å². The molecule has 0 saturated carbocycles. The number of aromatic hydroxyl groups is 1. The zero-order chi connectivity index (χ0) is 23.3. The lowest BCUT2D eigenvalue weighted by Gasteiger charge is -2.27. The van der Waals surface area contributed by atoms with Gasteiger partial charge in [-0.05, 0) is 53.6 Å². The fourth-order valence-corrected chi connectivity index (χ4v) is 4.56. The Hall–Kier alpha value is -3.06. The normalized spacial score (nSPS) is 15.2. The van der Waals surface area contributed by atoms with Gasteiger partial charge in [0.15, 0.2) is 0 Å². The average molecular weight is 503 g/mol. The van der Waals surface area contributed by atoms with E-state index in [0.29, 0.717) is 43.1 Å². The van der Waals surface area contributed by atoms with Gasteiger partial charge in [-0.2, -0.15) is 5.10 Å². The molecule has 166 valence electrons. The summed E-state index contributed by atoms with van der Waals surface area (Å²) < 4.78 is 13.4. The summed E-state index contributed by atoms with van der Waals surface area (Å²) >= 11 is 18.6. The molecule has 9 heteroatoms. The number of halogens is 4. The molecule has 4 aromatic rings. The first-order valence-corrected chi connectivity index (χ1v) is 11.0. The molecule has 1 aliphatic heterocycles. The Labute approximate surface area is 203 Å². The second-order valence-electron chi connectivity index (χ2n) is 7.66. The number of nitrogens with zero attached hydrogens (tertiary/aromatic N) is 2. The molecule has 2 heterocycles. The molecule has 1 aliphatic rings. The number of H-pyrrole nitrogens is 1. The molecular formula is C24H15Cl3FN3O2. The maximum Gasteiger partial charge on any atom is 0.273 e. The Kier molecular flexibility index (Phi) is 5.52. The van der Waals surface area contributed by atoms with Gasteiger partial charge >= 0.3 is 0 Å². The van der Waals surface area contributed by atoms with Gasteiger partial charge in [0.25, 0.3) is 5.91 Å². The van der Waals surface area contributed by atoms with E-state index in [2.05, 4.69) is 10.2 Å². The van der Waals surface area contributed by atoms with E-state index in [0.717, 1.165) is 5.56 Å². The molecule has 2 N–H and O–H groups in total. The molecule has 33 heavy (non-hydrogen) atoms. The van der Waals surface area contributed by atoms with Crippen LogP contribution in [-0.4, -0.2) is 26.1 Å². The van der Waals surface area contributed by atoms with E-state index in [9.17, 15) is 14.3 Å². The lowest BCUT2D eigenvalue weighted by Crippen LogP contribution is -2.29. The van der Waals surface area contributed by atoms with Crippen LogP contribution in [0.25, 0.3) is 11.3 Å². The zero-order valence-electron chi connectivity index (χ0n) is 16.8. The number of aromatic amines is 1. The smallest absolute Gasteiger partial charge is 0.273 e. The number of carbonyl (C=O) groups is 1. The highest BCUT2D eigenvalue weighted by molar-refractivity contribution is 6.42. The summed E-state index contributed by atoms with van der Waals surface area (Å²) in [6.45, 7) is 0.216. The number of rotatable bonds is 4. The highest BCUT2D eigenvalue weighted by Gasteiger charge is 2.42. The highest BCUT2D eigenvalue weighted by atomic mass is 35.5. The van der Waals surface area contributed by atoms with Gasteiger partial charge in [-0.15, -0.1) is 0 Å². The molecular weight excluding hydrogens is 488 g/mol. The van der Waals surface area contributed by atoms with Crippen molar-refractivity contribution in [1.82, 2.24) is 15.1 Å². The highest BCUT2D eigenvalue weighted by Crippen LogP contribution is 2.46. The van der Waals surface area contributed by atoms with E-state index in [1.54, 1.807) is 47.4 Å². The number of hydrogen-bond acceptors (Lipinski definition) is 3. The fraction of sp³-hybridized carbons (Fsp3) is 0.0833. The number of aromatic nitrogens is 2. The molecule has 3 aromatic carbocycles. The van der Waals surface area contributed by atoms with Crippen LogP contribution in [0.1, 0.15) is 33.2 Å². The van der Waals surface area contributed by atoms with Gasteiger partial charge in [-0.1, -0.05) is 53.0 Å². The molecule has 0 fully saturated rings. The molecule has 0 radical (unpaired) electrons. The predicted octanol–water partition coefficient (Wildman–Crippen LogP) is 6.63. The number of hydrogen-bond donors (Lipinski definition) is 2. The van der Waals surface area contributed by atoms with Crippen molar-refractivity contribution in [3.63, 3.8) is 0 Å². The number of nitrogens with one attached hydrogen (secondary N) is 1. The maximum absolute atomic E-state index is 13.4. The molecule has 1 aromatic heterocycles. The number of phenols is 1. The van der Waals surface area contributed by atoms with Crippen LogP contribution < -0.4 is 0 Å². The minimum absolute atomic E-state index is 0.0222. The summed E-state index contributed by atoms with van der Waals surface area (Å²) in [6, 6.07) is 15.1. The number of amides is 1. The number of phenolic OH excluding ortho intramolecular Hbond substituents is 1. The van der Waals surface area contributed by atoms with E-state index in [1.807, 2.05) is 0 Å². The lowest BCUT2D eigenvalue weighted by molar-refractivity contribution is 0.0730. The Balaban J connectivity index is 1.68. The van der Waals surface area contributed by atoms with Gasteiger partial charge in [0.05, 0.1) is 16.1 Å². The van der Waals surface area contributed by atoms with E-state index in [1.165, 1.54) is 18.2 Å². The van der Waals surface area contributed by atoms with Gasteiger partial charge in [-0.25, -0.2) is 4.39 Å². The first kappa shape index (κ1) is 21.8. The van der Waals surface area contributed by atoms with Crippen molar-refractivity contribution in [2.75, 3.05) is 0 Å². The van der Waals surface area contributed by atoms with Crippen LogP contribution in [0, 0.1) is 5.82 Å². The molecule has 0 spiro atoms. The standard InChI is InChI=1S/C24H15Cl3FN3O2/c25-14-4-8-19(32)16(10-14)21-20-22(30-29-21)24(33)31(11-12-1-5-15(28)6-2-12)23(20)13-3-7-17(26)18(27)9-13/h1-10,23,32H,11H2,(H,29,30). The summed E-state index contributed by atoms with van der Waals surface area (Å²) in [6.07, 6.45) is 0. The predicted molar refractivity (Wildman–Crippen MR) is 125 cm³/mol. The number of fused-ring (bicyclic) bond motifs is 1. The fourth-order valence-electron chi connectivity index (χ4n) is 4.08. The first-order valence-electron chi connectivity index (χ1n) is 9.91. The minimum atomic E-state index is -0.584. The second-order valence-corrected chi connectivity index (χ2v) is 8.91. The Morgan fingerprint density at radius 1 is 1.00 bits per heavy atom. The SMILES string of the molecule is O=C1c2[nH]nc(-c3cc(Cl)ccc3O)c2C(c2ccc(Cl)c(Cl)c2)N1Cc1ccc(F)cc1. The van der Waals surface area contributed by atoms with Crippen molar-refractivity contribution in [3.05, 3.63) is 104 Å². The lowest BCUT2D eigenvalue weighted by atomic mass is 9.95. The van der Waals surface area contributed by atoms with Crippen molar-refractivity contribution in [2.45, 2.75) is 12.6 Å². The summed E-state index contributed by atoms with van der Waals surface area (Å²) in [5, 5.41) is 18.8. The second kappa shape index (κ2) is 8.37. The van der Waals surface area contributed by atoms with E-state index in [4.69, 9.17) is 34.8 Å². The van der Waals surface area contributed by atoms with Crippen LogP contribution in [0.5, 0.6) is 5.75 Å². The Morgan fingerprint density at radius 2 is 1.76 bits per heavy atom. The monoisotopic (exact) mass is 501 g/mol. The third kappa shape index (κ3) is 3.84. The molecule has 0 saturated heterocycles. The Morgan fingerprint density at radius 3 is 2.48 bits per heavy atom. The van der Waals surface area contributed by atoms with Gasteiger partial charge in [0.1, 0.15) is 23.0 Å². The van der Waals surface area contributed by atoms with Crippen LogP contribution >= 0.6 is 34.8 Å². The summed E-state index contributed by atoms with van der Waals surface area (Å²) in [4.78, 5) is 15.1. The van der Waals surface area contributed by atoms with Crippen molar-refractivity contribution in [3.8, 4) is 17.0 Å². The van der Waals surface area contributed by atoms with Crippen LogP contribution in [-0.2, 0) is 6.54 Å². The molecule has 5 nitrogen and oxygen atoms in total. The molecule has 0 aliphatic carbocycles. The van der Waals surface area contributed by atoms with Crippen LogP contribution in [0.3, 0.4) is 0 Å². The molecule has 1 amide bonds. The topological polar surface area (TPSA) is 69.2 Å². The van der Waals surface area contributed by atoms with Crippen LogP contribution in [0.15, 0.2) is 60.7 Å². The van der Waals surface area contributed by atoms with Crippen molar-refractivity contribution < 1.29 is 14.3 Å². The van der Waals surface area contributed by atoms with E-state index in [-0.39, 0.29) is 24.0 Å². The van der Waals surface area contributed by atoms with Crippen molar-refractivity contribution >= 4 is 40.7 Å². The molecule has 1 atom stereocenters. The van der Waals surface area contributed by atoms with E-state index >= 15 is 0 Å². The summed E-state index contributed by atoms with van der Waals surface area (Å²) in [5.74, 6) is -0.669. The van der Waals surface area contributed by atoms with Crippen molar-refractivity contribution in [1.29, 1.82) is 0 Å². The zero-order valence-corrected chi connectivity index (χ0v) is 19.1. The third-order valence-electron chi connectivity index (χ3n) is 5.60. The van der Waals surface area contributed by atoms with Gasteiger partial charge in [0.2, 0.25) is 0 Å². The van der Waals surface area contributed by atoms with Crippen LogP contribution in [0.4, 0.5) is 4.39 Å². The molecule has 1 unspecified atom stereocenters. The maximum atomic E-state index is 13.4. The molecule has 5 rings (SSSR count). The summed E-state index contributed by atoms with van der Waals surface area (Å²) in [5.41, 5.74) is 3.13. The Bertz CT molecular complexity index is 1390. The first-order chi connectivity index (χ1) is 15.8. The average Bonchev–Trinajstić information content (AvgIpc) is 3.33. The quantitative estimate of drug-likeness (QED) is 0.329. The van der Waals surface area contributed by atoms with Crippen molar-refractivity contribution in [2.24, 2.45) is 0 Å². The van der Waals surface area contributed by atoms with Gasteiger partial charge in [0, 0.05) is 22.7 Å². The van der Waals surface area contributed by atoms with E-state index < -0.39 is 6.04 Å². The largest absolute Gasteiger partial charge is 0.507 e. The number of benzene rings is 3. The molecule has 0 bridgehead atoms. The van der Waals surface area contributed by atoms with Crippen LogP contribution in [0.2, 0.25) is 15.1 Å². The summed E-state index contributed by atoms with van der Waals surface area (Å²) in [7, 11) is 0. The minimum Gasteiger partial charge on any atom is -0.507 e. The third-order valence-corrected chi connectivity index (χ3v) is 6.58. The number of carbonyl (C=O) groups excluding carboxylic acids is 1. The van der Waals surface area contributed by atoms with Gasteiger partial charge < -0.3 is 10.0 Å².